The summed E-state index contributed by atoms with van der Waals surface area (Å²) in [7, 11) is 0. The lowest BCUT2D eigenvalue weighted by Crippen LogP contribution is -2.52. The molecule has 0 aromatic heterocycles. The number of carbonyl (C=O) groups excluding carboxylic acids is 2. The fourth-order valence-corrected chi connectivity index (χ4v) is 1.86. The second-order valence-corrected chi connectivity index (χ2v) is 6.05. The van der Waals surface area contributed by atoms with E-state index in [-0.39, 0.29) is 23.7 Å². The van der Waals surface area contributed by atoms with E-state index in [1.54, 1.807) is 4.90 Å². The van der Waals surface area contributed by atoms with E-state index in [0.717, 1.165) is 0 Å². The Kier molecular flexibility index (Phi) is 4.17. The third kappa shape index (κ3) is 4.36. The SMILES string of the molecule is CC(C)C(=O)N1CC(CC(=O)OC(C)(C)C)C1. The molecule has 0 aromatic rings. The molecule has 4 heteroatoms. The number of esters is 1. The van der Waals surface area contributed by atoms with E-state index in [9.17, 15) is 9.59 Å². The zero-order chi connectivity index (χ0) is 13.2. The van der Waals surface area contributed by atoms with E-state index in [1.807, 2.05) is 34.6 Å². The lowest BCUT2D eigenvalue weighted by Gasteiger charge is -2.40. The molecule has 0 bridgehead atoms. The van der Waals surface area contributed by atoms with Gasteiger partial charge in [-0.15, -0.1) is 0 Å². The topological polar surface area (TPSA) is 46.6 Å². The van der Waals surface area contributed by atoms with Gasteiger partial charge in [-0.2, -0.15) is 0 Å². The summed E-state index contributed by atoms with van der Waals surface area (Å²) in [4.78, 5) is 24.9. The first kappa shape index (κ1) is 14.0. The summed E-state index contributed by atoms with van der Waals surface area (Å²) < 4.78 is 5.24. The van der Waals surface area contributed by atoms with Gasteiger partial charge in [0, 0.05) is 24.9 Å². The zero-order valence-corrected chi connectivity index (χ0v) is 11.4. The molecule has 4 nitrogen and oxygen atoms in total. The molecule has 1 rings (SSSR count). The fraction of sp³-hybridized carbons (Fsp3) is 0.846. The van der Waals surface area contributed by atoms with Crippen molar-refractivity contribution in [1.82, 2.24) is 4.90 Å². The number of carbonyl (C=O) groups is 2. The van der Waals surface area contributed by atoms with Crippen molar-refractivity contribution in [1.29, 1.82) is 0 Å². The number of hydrogen-bond acceptors (Lipinski definition) is 3. The molecule has 0 radical (unpaired) electrons. The fourth-order valence-electron chi connectivity index (χ4n) is 1.86. The van der Waals surface area contributed by atoms with Crippen LogP contribution >= 0.6 is 0 Å². The van der Waals surface area contributed by atoms with Crippen molar-refractivity contribution in [2.24, 2.45) is 11.8 Å². The van der Waals surface area contributed by atoms with E-state index >= 15 is 0 Å². The first-order valence-corrected chi connectivity index (χ1v) is 6.19. The highest BCUT2D eigenvalue weighted by atomic mass is 16.6. The molecule has 1 saturated heterocycles. The molecule has 98 valence electrons. The summed E-state index contributed by atoms with van der Waals surface area (Å²) in [6.07, 6.45) is 0.416. The van der Waals surface area contributed by atoms with Crippen molar-refractivity contribution in [2.75, 3.05) is 13.1 Å². The number of ether oxygens (including phenoxy) is 1. The Morgan fingerprint density at radius 1 is 1.29 bits per heavy atom. The minimum atomic E-state index is -0.422. The zero-order valence-electron chi connectivity index (χ0n) is 11.4. The summed E-state index contributed by atoms with van der Waals surface area (Å²) in [6.45, 7) is 10.8. The van der Waals surface area contributed by atoms with Gasteiger partial charge in [-0.25, -0.2) is 0 Å². The number of likely N-dealkylation sites (tertiary alicyclic amines) is 1. The molecule has 0 atom stereocenters. The average molecular weight is 241 g/mol. The van der Waals surface area contributed by atoms with Crippen molar-refractivity contribution in [2.45, 2.75) is 46.6 Å². The molecule has 1 amide bonds. The molecule has 17 heavy (non-hydrogen) atoms. The van der Waals surface area contributed by atoms with Crippen LogP contribution in [-0.4, -0.2) is 35.5 Å². The standard InChI is InChI=1S/C13H23NO3/c1-9(2)12(16)14-7-10(8-14)6-11(15)17-13(3,4)5/h9-10H,6-8H2,1-5H3. The van der Waals surface area contributed by atoms with E-state index in [0.29, 0.717) is 19.5 Å². The maximum Gasteiger partial charge on any atom is 0.306 e. The normalized spacial score (nSPS) is 16.9. The van der Waals surface area contributed by atoms with Gasteiger partial charge >= 0.3 is 5.97 Å². The molecule has 0 aliphatic carbocycles. The summed E-state index contributed by atoms with van der Waals surface area (Å²) >= 11 is 0. The van der Waals surface area contributed by atoms with Gasteiger partial charge < -0.3 is 9.64 Å². The molecule has 0 unspecified atom stereocenters. The van der Waals surface area contributed by atoms with Gasteiger partial charge in [-0.1, -0.05) is 13.8 Å². The van der Waals surface area contributed by atoms with E-state index in [2.05, 4.69) is 0 Å². The molecule has 0 N–H and O–H groups in total. The van der Waals surface area contributed by atoms with Crippen molar-refractivity contribution >= 4 is 11.9 Å². The minimum absolute atomic E-state index is 0.0393. The summed E-state index contributed by atoms with van der Waals surface area (Å²) in [6, 6.07) is 0. The van der Waals surface area contributed by atoms with Gasteiger partial charge in [0.25, 0.3) is 0 Å². The maximum atomic E-state index is 11.6. The van der Waals surface area contributed by atoms with Crippen LogP contribution < -0.4 is 0 Å². The predicted molar refractivity (Wildman–Crippen MR) is 65.4 cm³/mol. The Labute approximate surface area is 103 Å². The lowest BCUT2D eigenvalue weighted by molar-refractivity contribution is -0.159. The molecular weight excluding hydrogens is 218 g/mol. The van der Waals surface area contributed by atoms with Crippen LogP contribution in [0.4, 0.5) is 0 Å². The molecule has 1 aliphatic rings. The number of hydrogen-bond donors (Lipinski definition) is 0. The number of amides is 1. The summed E-state index contributed by atoms with van der Waals surface area (Å²) in [5, 5.41) is 0. The van der Waals surface area contributed by atoms with Gasteiger partial charge in [-0.05, 0) is 20.8 Å². The Morgan fingerprint density at radius 3 is 2.24 bits per heavy atom. The van der Waals surface area contributed by atoms with E-state index < -0.39 is 5.60 Å². The van der Waals surface area contributed by atoms with Gasteiger partial charge in [0.1, 0.15) is 5.60 Å². The molecule has 0 saturated carbocycles. The van der Waals surface area contributed by atoms with Gasteiger partial charge in [0.15, 0.2) is 0 Å². The first-order valence-electron chi connectivity index (χ1n) is 6.19. The monoisotopic (exact) mass is 241 g/mol. The number of nitrogens with zero attached hydrogens (tertiary/aromatic N) is 1. The lowest BCUT2D eigenvalue weighted by atomic mass is 9.95. The van der Waals surface area contributed by atoms with Crippen LogP contribution in [0.1, 0.15) is 41.0 Å². The second kappa shape index (κ2) is 5.07. The van der Waals surface area contributed by atoms with Crippen molar-refractivity contribution in [3.8, 4) is 0 Å². The van der Waals surface area contributed by atoms with Crippen molar-refractivity contribution < 1.29 is 14.3 Å². The van der Waals surface area contributed by atoms with Crippen LogP contribution in [-0.2, 0) is 14.3 Å². The van der Waals surface area contributed by atoms with Crippen molar-refractivity contribution in [3.05, 3.63) is 0 Å². The average Bonchev–Trinajstić information content (AvgIpc) is 2.06. The minimum Gasteiger partial charge on any atom is -0.460 e. The summed E-state index contributed by atoms with van der Waals surface area (Å²) in [5.74, 6) is 0.314. The van der Waals surface area contributed by atoms with Crippen LogP contribution in [0, 0.1) is 11.8 Å². The van der Waals surface area contributed by atoms with E-state index in [4.69, 9.17) is 4.74 Å². The molecule has 1 fully saturated rings. The van der Waals surface area contributed by atoms with Crippen LogP contribution in [0.25, 0.3) is 0 Å². The molecule has 1 heterocycles. The Balaban J connectivity index is 2.26. The third-order valence-corrected chi connectivity index (χ3v) is 2.64. The van der Waals surface area contributed by atoms with Gasteiger partial charge in [0.2, 0.25) is 5.91 Å². The molecule has 1 aliphatic heterocycles. The summed E-state index contributed by atoms with van der Waals surface area (Å²) in [5.41, 5.74) is -0.422. The van der Waals surface area contributed by atoms with Gasteiger partial charge in [0.05, 0.1) is 6.42 Å². The molecule has 0 aromatic carbocycles. The molecular formula is C13H23NO3. The maximum absolute atomic E-state index is 11.6. The van der Waals surface area contributed by atoms with Crippen LogP contribution in [0.5, 0.6) is 0 Å². The second-order valence-electron chi connectivity index (χ2n) is 6.05. The molecule has 0 spiro atoms. The predicted octanol–water partition coefficient (Wildman–Crippen LogP) is 1.83. The third-order valence-electron chi connectivity index (χ3n) is 2.64. The van der Waals surface area contributed by atoms with Crippen molar-refractivity contribution in [3.63, 3.8) is 0 Å². The Hall–Kier alpha value is -1.06. The number of rotatable bonds is 3. The van der Waals surface area contributed by atoms with Crippen LogP contribution in [0.2, 0.25) is 0 Å². The van der Waals surface area contributed by atoms with Crippen LogP contribution in [0.3, 0.4) is 0 Å². The van der Waals surface area contributed by atoms with Gasteiger partial charge in [-0.3, -0.25) is 9.59 Å². The van der Waals surface area contributed by atoms with Crippen LogP contribution in [0.15, 0.2) is 0 Å². The highest BCUT2D eigenvalue weighted by Gasteiger charge is 2.33. The largest absolute Gasteiger partial charge is 0.460 e. The van der Waals surface area contributed by atoms with E-state index in [1.165, 1.54) is 0 Å². The highest BCUT2D eigenvalue weighted by Crippen LogP contribution is 2.22. The Morgan fingerprint density at radius 2 is 1.82 bits per heavy atom. The Bertz CT molecular complexity index is 298. The first-order chi connectivity index (χ1) is 7.69. The smallest absolute Gasteiger partial charge is 0.306 e. The highest BCUT2D eigenvalue weighted by molar-refractivity contribution is 5.79. The quantitative estimate of drug-likeness (QED) is 0.708.